The maximum absolute atomic E-state index is 11.5. The fourth-order valence-electron chi connectivity index (χ4n) is 2.91. The van der Waals surface area contributed by atoms with Crippen molar-refractivity contribution in [3.8, 4) is 0 Å². The van der Waals surface area contributed by atoms with Gasteiger partial charge in [0.1, 0.15) is 5.57 Å². The summed E-state index contributed by atoms with van der Waals surface area (Å²) in [4.78, 5) is 23.0. The molecule has 2 aliphatic rings. The third-order valence-electron chi connectivity index (χ3n) is 4.05. The van der Waals surface area contributed by atoms with Crippen LogP contribution in [0.2, 0.25) is 0 Å². The molecule has 5 nitrogen and oxygen atoms in total. The van der Waals surface area contributed by atoms with E-state index in [4.69, 9.17) is 0 Å². The monoisotopic (exact) mass is 303 g/mol. The van der Waals surface area contributed by atoms with Gasteiger partial charge in [0.2, 0.25) is 0 Å². The summed E-state index contributed by atoms with van der Waals surface area (Å²) in [6.07, 6.45) is 15.7. The van der Waals surface area contributed by atoms with E-state index >= 15 is 0 Å². The van der Waals surface area contributed by atoms with Gasteiger partial charge in [-0.05, 0) is 37.1 Å². The molecule has 0 heterocycles. The Morgan fingerprint density at radius 1 is 1.09 bits per heavy atom. The molecular weight excluding hydrogens is 282 g/mol. The van der Waals surface area contributed by atoms with Crippen LogP contribution in [0.4, 0.5) is 0 Å². The van der Waals surface area contributed by atoms with Gasteiger partial charge in [0.25, 0.3) is 0 Å². The zero-order valence-corrected chi connectivity index (χ0v) is 12.8. The SMILES string of the molecule is COC(=O)C(=C/C=C/N[C@@H]1CCC2C=CC=CC21)C(=O)OC. The maximum Gasteiger partial charge on any atom is 0.345 e. The fourth-order valence-corrected chi connectivity index (χ4v) is 2.91. The Hall–Kier alpha value is -2.30. The van der Waals surface area contributed by atoms with Crippen molar-refractivity contribution in [2.75, 3.05) is 14.2 Å². The van der Waals surface area contributed by atoms with Crippen LogP contribution in [0, 0.1) is 11.8 Å². The highest BCUT2D eigenvalue weighted by Gasteiger charge is 2.32. The predicted molar refractivity (Wildman–Crippen MR) is 82.7 cm³/mol. The second-order valence-corrected chi connectivity index (χ2v) is 5.28. The number of methoxy groups -OCH3 is 2. The molecular formula is C17H21NO4. The number of hydrogen-bond donors (Lipinski definition) is 1. The number of fused-ring (bicyclic) bond motifs is 1. The number of allylic oxidation sites excluding steroid dienone is 5. The van der Waals surface area contributed by atoms with E-state index in [1.807, 2.05) is 0 Å². The quantitative estimate of drug-likeness (QED) is 0.276. The van der Waals surface area contributed by atoms with Crippen LogP contribution in [0.3, 0.4) is 0 Å². The zero-order chi connectivity index (χ0) is 15.9. The van der Waals surface area contributed by atoms with Crippen molar-refractivity contribution in [2.45, 2.75) is 18.9 Å². The van der Waals surface area contributed by atoms with Crippen LogP contribution >= 0.6 is 0 Å². The van der Waals surface area contributed by atoms with Gasteiger partial charge in [-0.15, -0.1) is 0 Å². The molecule has 0 aromatic heterocycles. The summed E-state index contributed by atoms with van der Waals surface area (Å²) >= 11 is 0. The molecule has 0 saturated heterocycles. The van der Waals surface area contributed by atoms with Crippen molar-refractivity contribution in [3.05, 3.63) is 48.2 Å². The molecule has 0 aromatic rings. The number of esters is 2. The highest BCUT2D eigenvalue weighted by molar-refractivity contribution is 6.14. The minimum absolute atomic E-state index is 0.132. The van der Waals surface area contributed by atoms with E-state index in [1.165, 1.54) is 26.7 Å². The summed E-state index contributed by atoms with van der Waals surface area (Å²) in [5.41, 5.74) is -0.132. The topological polar surface area (TPSA) is 64.6 Å². The van der Waals surface area contributed by atoms with Crippen LogP contribution in [0.5, 0.6) is 0 Å². The van der Waals surface area contributed by atoms with Crippen LogP contribution in [0.15, 0.2) is 48.2 Å². The van der Waals surface area contributed by atoms with Gasteiger partial charge in [0.05, 0.1) is 14.2 Å². The van der Waals surface area contributed by atoms with E-state index in [0.29, 0.717) is 17.9 Å². The number of carbonyl (C=O) groups is 2. The third-order valence-corrected chi connectivity index (χ3v) is 4.05. The molecule has 0 spiro atoms. The van der Waals surface area contributed by atoms with E-state index in [1.54, 1.807) is 12.3 Å². The first kappa shape index (κ1) is 16.1. The number of hydrogen-bond acceptors (Lipinski definition) is 5. The molecule has 1 saturated carbocycles. The Labute approximate surface area is 130 Å². The van der Waals surface area contributed by atoms with Crippen LogP contribution < -0.4 is 5.32 Å². The third kappa shape index (κ3) is 3.67. The van der Waals surface area contributed by atoms with Gasteiger partial charge in [-0.3, -0.25) is 0 Å². The Balaban J connectivity index is 1.95. The molecule has 0 aliphatic heterocycles. The molecule has 2 unspecified atom stereocenters. The Morgan fingerprint density at radius 2 is 1.77 bits per heavy atom. The van der Waals surface area contributed by atoms with Gasteiger partial charge in [-0.2, -0.15) is 0 Å². The predicted octanol–water partition coefficient (Wildman–Crippen LogP) is 1.88. The second kappa shape index (κ2) is 7.64. The first-order chi connectivity index (χ1) is 10.7. The molecule has 1 N–H and O–H groups in total. The molecule has 0 aromatic carbocycles. The summed E-state index contributed by atoms with van der Waals surface area (Å²) in [7, 11) is 2.45. The second-order valence-electron chi connectivity index (χ2n) is 5.28. The highest BCUT2D eigenvalue weighted by Crippen LogP contribution is 2.36. The van der Waals surface area contributed by atoms with Crippen molar-refractivity contribution in [2.24, 2.45) is 11.8 Å². The van der Waals surface area contributed by atoms with Crippen LogP contribution in [0.25, 0.3) is 0 Å². The first-order valence-corrected chi connectivity index (χ1v) is 7.32. The largest absolute Gasteiger partial charge is 0.465 e. The minimum Gasteiger partial charge on any atom is -0.465 e. The lowest BCUT2D eigenvalue weighted by molar-refractivity contribution is -0.144. The molecule has 0 radical (unpaired) electrons. The lowest BCUT2D eigenvalue weighted by Gasteiger charge is -2.21. The summed E-state index contributed by atoms with van der Waals surface area (Å²) < 4.78 is 9.11. The molecule has 3 atom stereocenters. The fraction of sp³-hybridized carbons (Fsp3) is 0.412. The lowest BCUT2D eigenvalue weighted by atomic mass is 9.90. The van der Waals surface area contributed by atoms with Gasteiger partial charge in [-0.1, -0.05) is 24.3 Å². The van der Waals surface area contributed by atoms with Crippen LogP contribution in [-0.4, -0.2) is 32.2 Å². The number of rotatable bonds is 5. The number of ether oxygens (including phenoxy) is 2. The molecule has 22 heavy (non-hydrogen) atoms. The zero-order valence-electron chi connectivity index (χ0n) is 12.8. The van der Waals surface area contributed by atoms with Crippen molar-refractivity contribution in [3.63, 3.8) is 0 Å². The average molecular weight is 303 g/mol. The van der Waals surface area contributed by atoms with Crippen molar-refractivity contribution >= 4 is 11.9 Å². The van der Waals surface area contributed by atoms with Crippen molar-refractivity contribution in [1.29, 1.82) is 0 Å². The summed E-state index contributed by atoms with van der Waals surface area (Å²) in [6, 6.07) is 0.371. The Kier molecular flexibility index (Phi) is 5.58. The first-order valence-electron chi connectivity index (χ1n) is 7.32. The molecule has 118 valence electrons. The maximum atomic E-state index is 11.5. The van der Waals surface area contributed by atoms with Crippen molar-refractivity contribution < 1.29 is 19.1 Å². The number of carbonyl (C=O) groups excluding carboxylic acids is 2. The van der Waals surface area contributed by atoms with Gasteiger partial charge >= 0.3 is 11.9 Å². The van der Waals surface area contributed by atoms with E-state index in [9.17, 15) is 9.59 Å². The van der Waals surface area contributed by atoms with Gasteiger partial charge in [0, 0.05) is 12.0 Å². The molecule has 2 aliphatic carbocycles. The normalized spacial score (nSPS) is 25.6. The van der Waals surface area contributed by atoms with Crippen LogP contribution in [0.1, 0.15) is 12.8 Å². The summed E-state index contributed by atoms with van der Waals surface area (Å²) in [5.74, 6) is -0.318. The molecule has 5 heteroatoms. The van der Waals surface area contributed by atoms with E-state index in [-0.39, 0.29) is 5.57 Å². The summed E-state index contributed by atoms with van der Waals surface area (Å²) in [6.45, 7) is 0. The Bertz CT molecular complexity index is 527. The van der Waals surface area contributed by atoms with E-state index in [2.05, 4.69) is 39.1 Å². The van der Waals surface area contributed by atoms with Gasteiger partial charge in [0.15, 0.2) is 0 Å². The Morgan fingerprint density at radius 3 is 2.45 bits per heavy atom. The lowest BCUT2D eigenvalue weighted by Crippen LogP contribution is -2.29. The average Bonchev–Trinajstić information content (AvgIpc) is 2.97. The van der Waals surface area contributed by atoms with Gasteiger partial charge in [-0.25, -0.2) is 9.59 Å². The highest BCUT2D eigenvalue weighted by atomic mass is 16.5. The van der Waals surface area contributed by atoms with E-state index < -0.39 is 11.9 Å². The van der Waals surface area contributed by atoms with Crippen LogP contribution in [-0.2, 0) is 19.1 Å². The molecule has 2 rings (SSSR count). The van der Waals surface area contributed by atoms with E-state index in [0.717, 1.165) is 6.42 Å². The molecule has 0 amide bonds. The molecule has 0 bridgehead atoms. The molecule has 1 fully saturated rings. The van der Waals surface area contributed by atoms with Crippen molar-refractivity contribution in [1.82, 2.24) is 5.32 Å². The van der Waals surface area contributed by atoms with Gasteiger partial charge < -0.3 is 14.8 Å². The minimum atomic E-state index is -0.710. The smallest absolute Gasteiger partial charge is 0.345 e. The summed E-state index contributed by atoms with van der Waals surface area (Å²) in [5, 5.41) is 3.34. The standard InChI is InChI=1S/C17H21NO4/c1-21-16(19)14(17(20)22-2)8-5-11-18-15-10-9-12-6-3-4-7-13(12)15/h3-8,11-13,15,18H,9-10H2,1-2H3/b11-5+/t12?,13?,15-/m1/s1. The number of nitrogens with one attached hydrogen (secondary N) is 1.